The van der Waals surface area contributed by atoms with E-state index >= 15 is 0 Å². The van der Waals surface area contributed by atoms with Crippen LogP contribution in [-0.2, 0) is 4.79 Å². The van der Waals surface area contributed by atoms with Gasteiger partial charge in [-0.25, -0.2) is 9.37 Å². The minimum atomic E-state index is -0.588. The number of hydrogen-bond acceptors (Lipinski definition) is 5. The Hall–Kier alpha value is -2.83. The normalized spacial score (nSPS) is 12.2. The molecule has 22 heavy (non-hydrogen) atoms. The molecule has 0 atom stereocenters. The van der Waals surface area contributed by atoms with Crippen LogP contribution in [0.4, 0.5) is 15.9 Å². The molecule has 1 aliphatic heterocycles. The highest BCUT2D eigenvalue weighted by Crippen LogP contribution is 2.38. The van der Waals surface area contributed by atoms with E-state index in [0.29, 0.717) is 5.69 Å². The molecule has 1 aromatic carbocycles. The number of nitrogens with zero attached hydrogens (tertiary/aromatic N) is 1. The molecule has 1 aliphatic rings. The molecule has 1 amide bonds. The predicted molar refractivity (Wildman–Crippen MR) is 80.6 cm³/mol. The average Bonchev–Trinajstić information content (AvgIpc) is 2.52. The lowest BCUT2D eigenvalue weighted by Gasteiger charge is -2.19. The van der Waals surface area contributed by atoms with Gasteiger partial charge < -0.3 is 20.5 Å². The third-order valence-electron chi connectivity index (χ3n) is 2.65. The molecule has 6 nitrogen and oxygen atoms in total. The monoisotopic (exact) mass is 305 g/mol. The number of benzene rings is 1. The van der Waals surface area contributed by atoms with E-state index < -0.39 is 5.82 Å². The van der Waals surface area contributed by atoms with Gasteiger partial charge in [0.1, 0.15) is 0 Å². The molecule has 116 valence electrons. The van der Waals surface area contributed by atoms with Crippen molar-refractivity contribution in [3.8, 4) is 17.2 Å². The van der Waals surface area contributed by atoms with Crippen LogP contribution < -0.4 is 20.5 Å². The summed E-state index contributed by atoms with van der Waals surface area (Å²) in [5.41, 5.74) is 5.77. The van der Waals surface area contributed by atoms with Crippen molar-refractivity contribution in [1.29, 1.82) is 0 Å². The molecule has 0 saturated carbocycles. The number of nitrogens with one attached hydrogen (secondary N) is 1. The van der Waals surface area contributed by atoms with E-state index in [1.165, 1.54) is 24.4 Å². The summed E-state index contributed by atoms with van der Waals surface area (Å²) in [5.74, 6) is -0.110. The Kier molecular flexibility index (Phi) is 4.77. The Labute approximate surface area is 127 Å². The predicted octanol–water partition coefficient (Wildman–Crippen LogP) is 2.95. The molecule has 2 heterocycles. The first kappa shape index (κ1) is 15.6. The van der Waals surface area contributed by atoms with Crippen LogP contribution in [0.15, 0.2) is 30.5 Å². The summed E-state index contributed by atoms with van der Waals surface area (Å²) < 4.78 is 24.4. The Morgan fingerprint density at radius 1 is 1.32 bits per heavy atom. The number of fused-ring (bicyclic) bond motifs is 1. The van der Waals surface area contributed by atoms with Crippen molar-refractivity contribution in [1.82, 2.24) is 4.98 Å². The third kappa shape index (κ3) is 3.25. The molecule has 0 unspecified atom stereocenters. The van der Waals surface area contributed by atoms with E-state index in [2.05, 4.69) is 10.3 Å². The van der Waals surface area contributed by atoms with Crippen molar-refractivity contribution in [3.63, 3.8) is 0 Å². The summed E-state index contributed by atoms with van der Waals surface area (Å²) >= 11 is 0. The number of carbonyl (C=O) groups is 1. The van der Waals surface area contributed by atoms with Crippen molar-refractivity contribution >= 4 is 17.4 Å². The van der Waals surface area contributed by atoms with Crippen LogP contribution in [0.3, 0.4) is 0 Å². The van der Waals surface area contributed by atoms with Gasteiger partial charge in [0.25, 0.3) is 5.91 Å². The van der Waals surface area contributed by atoms with Crippen LogP contribution >= 0.6 is 0 Å². The summed E-state index contributed by atoms with van der Waals surface area (Å²) in [7, 11) is 0. The van der Waals surface area contributed by atoms with Crippen LogP contribution in [0.1, 0.15) is 13.8 Å². The highest BCUT2D eigenvalue weighted by Gasteiger charge is 2.22. The van der Waals surface area contributed by atoms with Crippen molar-refractivity contribution in [2.24, 2.45) is 0 Å². The van der Waals surface area contributed by atoms with E-state index in [9.17, 15) is 9.18 Å². The second-order valence-electron chi connectivity index (χ2n) is 4.12. The summed E-state index contributed by atoms with van der Waals surface area (Å²) in [6, 6.07) is 5.62. The number of halogens is 1. The number of anilines is 2. The maximum Gasteiger partial charge on any atom is 0.263 e. The average molecular weight is 305 g/mol. The maximum absolute atomic E-state index is 13.7. The molecular weight excluding hydrogens is 289 g/mol. The van der Waals surface area contributed by atoms with Crippen molar-refractivity contribution in [2.75, 3.05) is 17.7 Å². The number of nitrogen functional groups attached to an aromatic ring is 1. The number of nitrogens with two attached hydrogens (primary N) is 1. The Morgan fingerprint density at radius 3 is 2.82 bits per heavy atom. The largest absolute Gasteiger partial charge is 0.476 e. The Balaban J connectivity index is 0.000000847. The van der Waals surface area contributed by atoms with E-state index in [0.717, 1.165) is 6.07 Å². The van der Waals surface area contributed by atoms with E-state index in [1.54, 1.807) is 0 Å². The molecule has 3 rings (SSSR count). The van der Waals surface area contributed by atoms with Gasteiger partial charge in [0, 0.05) is 24.0 Å². The quantitative estimate of drug-likeness (QED) is 0.833. The number of carbonyl (C=O) groups excluding carboxylic acids is 1. The van der Waals surface area contributed by atoms with Gasteiger partial charge >= 0.3 is 0 Å². The Bertz CT molecular complexity index is 692. The van der Waals surface area contributed by atoms with Gasteiger partial charge in [-0.3, -0.25) is 4.79 Å². The van der Waals surface area contributed by atoms with Crippen molar-refractivity contribution in [2.45, 2.75) is 13.8 Å². The first-order valence-corrected chi connectivity index (χ1v) is 6.78. The molecule has 3 N–H and O–H groups in total. The van der Waals surface area contributed by atoms with Gasteiger partial charge in [-0.2, -0.15) is 0 Å². The van der Waals surface area contributed by atoms with E-state index in [1.807, 2.05) is 13.8 Å². The summed E-state index contributed by atoms with van der Waals surface area (Å²) in [4.78, 5) is 15.2. The molecule has 0 aliphatic carbocycles. The zero-order chi connectivity index (χ0) is 16.1. The van der Waals surface area contributed by atoms with Gasteiger partial charge in [0.2, 0.25) is 5.75 Å². The molecule has 1 aromatic heterocycles. The smallest absolute Gasteiger partial charge is 0.263 e. The lowest BCUT2D eigenvalue weighted by atomic mass is 10.3. The molecule has 2 aromatic rings. The van der Waals surface area contributed by atoms with Gasteiger partial charge in [-0.05, 0) is 12.1 Å². The fourth-order valence-electron chi connectivity index (χ4n) is 1.76. The summed E-state index contributed by atoms with van der Waals surface area (Å²) in [5, 5.41) is 2.54. The zero-order valence-electron chi connectivity index (χ0n) is 12.2. The standard InChI is InChI=1S/C13H10FN3O3.C2H6/c14-8-5-7(15)1-2-9(8)20-10-3-4-16-13-12(10)19-6-11(18)17-13;1-2/h1-5H,6,15H2,(H,16,17,18);1-2H3. The molecule has 0 radical (unpaired) electrons. The lowest BCUT2D eigenvalue weighted by Crippen LogP contribution is -2.26. The molecule has 0 bridgehead atoms. The van der Waals surface area contributed by atoms with Crippen LogP contribution in [0.25, 0.3) is 0 Å². The van der Waals surface area contributed by atoms with Gasteiger partial charge in [-0.15, -0.1) is 0 Å². The Morgan fingerprint density at radius 2 is 2.09 bits per heavy atom. The van der Waals surface area contributed by atoms with Gasteiger partial charge in [0.15, 0.2) is 29.7 Å². The molecule has 0 fully saturated rings. The topological polar surface area (TPSA) is 86.5 Å². The van der Waals surface area contributed by atoms with Gasteiger partial charge in [-0.1, -0.05) is 13.8 Å². The number of hydrogen-bond donors (Lipinski definition) is 2. The van der Waals surface area contributed by atoms with E-state index in [-0.39, 0.29) is 35.6 Å². The van der Waals surface area contributed by atoms with Gasteiger partial charge in [0.05, 0.1) is 0 Å². The molecule has 0 spiro atoms. The second kappa shape index (κ2) is 6.75. The molecule has 0 saturated heterocycles. The van der Waals surface area contributed by atoms with Crippen LogP contribution in [0, 0.1) is 5.82 Å². The SMILES string of the molecule is CC.Nc1ccc(Oc2ccnc3c2OCC(=O)N3)c(F)c1. The minimum absolute atomic E-state index is 0.00750. The van der Waals surface area contributed by atoms with Crippen LogP contribution in [0.2, 0.25) is 0 Å². The fraction of sp³-hybridized carbons (Fsp3) is 0.200. The minimum Gasteiger partial charge on any atom is -0.476 e. The fourth-order valence-corrected chi connectivity index (χ4v) is 1.76. The zero-order valence-corrected chi connectivity index (χ0v) is 12.2. The highest BCUT2D eigenvalue weighted by molar-refractivity contribution is 5.94. The number of ether oxygens (including phenoxy) is 2. The third-order valence-corrected chi connectivity index (χ3v) is 2.65. The number of aromatic nitrogens is 1. The molecule has 7 heteroatoms. The number of pyridine rings is 1. The number of rotatable bonds is 2. The first-order valence-electron chi connectivity index (χ1n) is 6.78. The number of amides is 1. The highest BCUT2D eigenvalue weighted by atomic mass is 19.1. The second-order valence-corrected chi connectivity index (χ2v) is 4.12. The maximum atomic E-state index is 13.7. The van der Waals surface area contributed by atoms with Crippen molar-refractivity contribution in [3.05, 3.63) is 36.3 Å². The van der Waals surface area contributed by atoms with Crippen LogP contribution in [-0.4, -0.2) is 17.5 Å². The van der Waals surface area contributed by atoms with E-state index in [4.69, 9.17) is 15.2 Å². The summed E-state index contributed by atoms with van der Waals surface area (Å²) in [6.07, 6.45) is 1.43. The van der Waals surface area contributed by atoms with Crippen molar-refractivity contribution < 1.29 is 18.7 Å². The first-order chi connectivity index (χ1) is 10.6. The molecular formula is C15H16FN3O3. The lowest BCUT2D eigenvalue weighted by molar-refractivity contribution is -0.118. The summed E-state index contributed by atoms with van der Waals surface area (Å²) in [6.45, 7) is 3.86. The van der Waals surface area contributed by atoms with Crippen LogP contribution in [0.5, 0.6) is 17.2 Å².